The van der Waals surface area contributed by atoms with Crippen LogP contribution in [-0.4, -0.2) is 9.13 Å². The van der Waals surface area contributed by atoms with Crippen LogP contribution in [0, 0.1) is 0 Å². The van der Waals surface area contributed by atoms with Gasteiger partial charge in [-0.15, -0.1) is 0 Å². The molecule has 0 unspecified atom stereocenters. The Morgan fingerprint density at radius 3 is 1.18 bits per heavy atom. The van der Waals surface area contributed by atoms with Crippen LogP contribution in [-0.2, 0) is 0 Å². The number of fused-ring (bicyclic) bond motifs is 12. The molecule has 2 heterocycles. The fraction of sp³-hybridized carbons (Fsp3) is 0. The third-order valence-electron chi connectivity index (χ3n) is 10.7. The van der Waals surface area contributed by atoms with Crippen LogP contribution in [0.2, 0.25) is 0 Å². The van der Waals surface area contributed by atoms with Crippen LogP contribution >= 0.6 is 0 Å². The van der Waals surface area contributed by atoms with Crippen LogP contribution in [0.4, 0.5) is 0 Å². The van der Waals surface area contributed by atoms with E-state index < -0.39 is 0 Å². The first-order valence-electron chi connectivity index (χ1n) is 17.3. The highest BCUT2D eigenvalue weighted by molar-refractivity contribution is 6.26. The van der Waals surface area contributed by atoms with Crippen LogP contribution in [0.25, 0.3) is 98.4 Å². The molecule has 0 saturated carbocycles. The van der Waals surface area contributed by atoms with Gasteiger partial charge < -0.3 is 9.13 Å². The van der Waals surface area contributed by atoms with Crippen LogP contribution in [0.5, 0.6) is 0 Å². The largest absolute Gasteiger partial charge is 0.309 e. The highest BCUT2D eigenvalue weighted by atomic mass is 15.0. The van der Waals surface area contributed by atoms with E-state index in [4.69, 9.17) is 0 Å². The Hall–Kier alpha value is -6.64. The summed E-state index contributed by atoms with van der Waals surface area (Å²) in [4.78, 5) is 0. The molecule has 0 spiro atoms. The molecule has 0 saturated heterocycles. The van der Waals surface area contributed by atoms with Crippen molar-refractivity contribution in [2.75, 3.05) is 0 Å². The minimum atomic E-state index is 1.16. The molecular weight excluding hydrogens is 605 g/mol. The van der Waals surface area contributed by atoms with Gasteiger partial charge in [0.1, 0.15) is 0 Å². The summed E-state index contributed by atoms with van der Waals surface area (Å²) in [5.74, 6) is 0. The van der Waals surface area contributed by atoms with Gasteiger partial charge in [0.15, 0.2) is 0 Å². The molecule has 0 amide bonds. The lowest BCUT2D eigenvalue weighted by Gasteiger charge is -2.16. The lowest BCUT2D eigenvalue weighted by molar-refractivity contribution is 1.17. The van der Waals surface area contributed by atoms with E-state index in [9.17, 15) is 0 Å². The van der Waals surface area contributed by atoms with E-state index in [1.165, 1.54) is 87.1 Å². The predicted molar refractivity (Wildman–Crippen MR) is 213 cm³/mol. The zero-order valence-corrected chi connectivity index (χ0v) is 27.2. The second-order valence-corrected chi connectivity index (χ2v) is 13.3. The van der Waals surface area contributed by atoms with Gasteiger partial charge in [0.25, 0.3) is 0 Å². The zero-order valence-electron chi connectivity index (χ0n) is 27.2. The van der Waals surface area contributed by atoms with Gasteiger partial charge in [0.2, 0.25) is 0 Å². The van der Waals surface area contributed by atoms with E-state index in [0.29, 0.717) is 0 Å². The van der Waals surface area contributed by atoms with Gasteiger partial charge in [0.05, 0.1) is 22.1 Å². The molecule has 50 heavy (non-hydrogen) atoms. The average molecular weight is 635 g/mol. The zero-order chi connectivity index (χ0) is 32.8. The smallest absolute Gasteiger partial charge is 0.0620 e. The van der Waals surface area contributed by atoms with Crippen LogP contribution < -0.4 is 0 Å². The molecule has 0 bridgehead atoms. The van der Waals surface area contributed by atoms with E-state index >= 15 is 0 Å². The van der Waals surface area contributed by atoms with E-state index in [2.05, 4.69) is 191 Å². The fourth-order valence-corrected chi connectivity index (χ4v) is 8.62. The van der Waals surface area contributed by atoms with E-state index in [-0.39, 0.29) is 0 Å². The first kappa shape index (κ1) is 27.3. The molecule has 2 nitrogen and oxygen atoms in total. The van der Waals surface area contributed by atoms with Crippen molar-refractivity contribution in [1.82, 2.24) is 9.13 Å². The Kier molecular flexibility index (Phi) is 5.70. The quantitative estimate of drug-likeness (QED) is 0.171. The Labute approximate surface area is 288 Å². The number of para-hydroxylation sites is 5. The standard InChI is InChI=1S/C48H30N2/c1-2-14-31(15-3-1)49-45-26-10-8-20-38(45)40-22-12-24-42(47(40)49)43-25-13-23-41-39-21-9-11-27-46(39)50(48(41)43)32-28-29-37-35-18-5-4-16-33(35)34-17-6-7-19-36(34)44(37)30-32/h1-30H. The molecule has 0 fully saturated rings. The molecule has 0 atom stereocenters. The Morgan fingerprint density at radius 1 is 0.240 bits per heavy atom. The molecule has 232 valence electrons. The molecule has 11 aromatic rings. The number of hydrogen-bond donors (Lipinski definition) is 0. The molecule has 0 radical (unpaired) electrons. The number of nitrogens with zero attached hydrogens (tertiary/aromatic N) is 2. The molecule has 0 aliphatic carbocycles. The second-order valence-electron chi connectivity index (χ2n) is 13.3. The fourth-order valence-electron chi connectivity index (χ4n) is 8.62. The van der Waals surface area contributed by atoms with Gasteiger partial charge in [-0.1, -0.05) is 146 Å². The van der Waals surface area contributed by atoms with E-state index in [1.807, 2.05) is 0 Å². The van der Waals surface area contributed by atoms with Crippen molar-refractivity contribution in [2.24, 2.45) is 0 Å². The molecule has 11 rings (SSSR count). The minimum absolute atomic E-state index is 1.16. The topological polar surface area (TPSA) is 9.86 Å². The van der Waals surface area contributed by atoms with Crippen molar-refractivity contribution in [3.05, 3.63) is 182 Å². The third kappa shape index (κ3) is 3.73. The summed E-state index contributed by atoms with van der Waals surface area (Å²) in [6.07, 6.45) is 0. The number of aromatic nitrogens is 2. The van der Waals surface area contributed by atoms with Crippen molar-refractivity contribution in [3.8, 4) is 22.5 Å². The average Bonchev–Trinajstić information content (AvgIpc) is 3.72. The molecule has 0 aliphatic rings. The first-order valence-corrected chi connectivity index (χ1v) is 17.3. The molecule has 2 aromatic heterocycles. The number of hydrogen-bond acceptors (Lipinski definition) is 0. The lowest BCUT2D eigenvalue weighted by atomic mass is 9.94. The summed E-state index contributed by atoms with van der Waals surface area (Å²) >= 11 is 0. The maximum Gasteiger partial charge on any atom is 0.0620 e. The Balaban J connectivity index is 1.28. The van der Waals surface area contributed by atoms with Crippen LogP contribution in [0.3, 0.4) is 0 Å². The summed E-state index contributed by atoms with van der Waals surface area (Å²) in [6.45, 7) is 0. The summed E-state index contributed by atoms with van der Waals surface area (Å²) in [6, 6.07) is 66.7. The van der Waals surface area contributed by atoms with Crippen molar-refractivity contribution < 1.29 is 0 Å². The van der Waals surface area contributed by atoms with Crippen molar-refractivity contribution >= 4 is 75.9 Å². The van der Waals surface area contributed by atoms with Gasteiger partial charge in [-0.3, -0.25) is 0 Å². The number of rotatable bonds is 3. The van der Waals surface area contributed by atoms with Gasteiger partial charge in [-0.25, -0.2) is 0 Å². The van der Waals surface area contributed by atoms with E-state index in [0.717, 1.165) is 11.4 Å². The molecule has 0 aliphatic heterocycles. The van der Waals surface area contributed by atoms with Gasteiger partial charge >= 0.3 is 0 Å². The Bertz CT molecular complexity index is 3110. The maximum absolute atomic E-state index is 2.50. The summed E-state index contributed by atoms with van der Waals surface area (Å²) < 4.78 is 4.94. The minimum Gasteiger partial charge on any atom is -0.309 e. The lowest BCUT2D eigenvalue weighted by Crippen LogP contribution is -1.98. The maximum atomic E-state index is 2.50. The van der Waals surface area contributed by atoms with E-state index in [1.54, 1.807) is 0 Å². The molecule has 9 aromatic carbocycles. The SMILES string of the molecule is c1ccc(-n2c3ccccc3c3cccc(-c4cccc5c6ccccc6n(-c6ccc7c8ccccc8c8ccccc8c7c6)c45)c32)cc1. The summed E-state index contributed by atoms with van der Waals surface area (Å²) in [5.41, 5.74) is 9.61. The van der Waals surface area contributed by atoms with Crippen LogP contribution in [0.1, 0.15) is 0 Å². The highest BCUT2D eigenvalue weighted by Crippen LogP contribution is 2.44. The predicted octanol–water partition coefficient (Wildman–Crippen LogP) is 13.0. The molecule has 0 N–H and O–H groups in total. The highest BCUT2D eigenvalue weighted by Gasteiger charge is 2.21. The monoisotopic (exact) mass is 634 g/mol. The molecular formula is C48H30N2. The van der Waals surface area contributed by atoms with Crippen molar-refractivity contribution in [3.63, 3.8) is 0 Å². The molecule has 2 heteroatoms. The normalized spacial score (nSPS) is 12.0. The first-order chi connectivity index (χ1) is 24.8. The van der Waals surface area contributed by atoms with Crippen LogP contribution in [0.15, 0.2) is 182 Å². The van der Waals surface area contributed by atoms with Gasteiger partial charge in [-0.05, 0) is 68.7 Å². The van der Waals surface area contributed by atoms with Gasteiger partial charge in [0, 0.05) is 44.0 Å². The van der Waals surface area contributed by atoms with Gasteiger partial charge in [-0.2, -0.15) is 0 Å². The Morgan fingerprint density at radius 2 is 0.640 bits per heavy atom. The summed E-state index contributed by atoms with van der Waals surface area (Å²) in [7, 11) is 0. The second kappa shape index (κ2) is 10.4. The van der Waals surface area contributed by atoms with Crippen molar-refractivity contribution in [1.29, 1.82) is 0 Å². The number of benzene rings is 9. The van der Waals surface area contributed by atoms with Crippen molar-refractivity contribution in [2.45, 2.75) is 0 Å². The summed E-state index contributed by atoms with van der Waals surface area (Å²) in [5, 5.41) is 12.7. The third-order valence-corrected chi connectivity index (χ3v) is 10.7.